The van der Waals surface area contributed by atoms with E-state index in [2.05, 4.69) is 0 Å². The third kappa shape index (κ3) is 2.38. The molecule has 3 N–H and O–H groups in total. The van der Waals surface area contributed by atoms with Crippen molar-refractivity contribution in [2.24, 2.45) is 5.92 Å². The van der Waals surface area contributed by atoms with Gasteiger partial charge in [-0.1, -0.05) is 61.5 Å². The summed E-state index contributed by atoms with van der Waals surface area (Å²) in [4.78, 5) is 11.7. The van der Waals surface area contributed by atoms with Crippen LogP contribution in [-0.4, -0.2) is 27.4 Å². The highest BCUT2D eigenvalue weighted by Gasteiger charge is 2.28. The third-order valence-electron chi connectivity index (χ3n) is 5.01. The lowest BCUT2D eigenvalue weighted by Gasteiger charge is -2.25. The molecule has 130 valence electrons. The normalized spacial score (nSPS) is 19.1. The summed E-state index contributed by atoms with van der Waals surface area (Å²) in [5.74, 6) is -1.67. The Hall–Kier alpha value is -3.11. The number of fused-ring (bicyclic) bond motifs is 2. The van der Waals surface area contributed by atoms with Crippen molar-refractivity contribution in [3.05, 3.63) is 76.2 Å². The van der Waals surface area contributed by atoms with Gasteiger partial charge in [-0.3, -0.25) is 0 Å². The molecule has 4 heteroatoms. The van der Waals surface area contributed by atoms with Crippen LogP contribution in [0.15, 0.2) is 54.6 Å². The molecule has 0 fully saturated rings. The van der Waals surface area contributed by atoms with Gasteiger partial charge in [0.05, 0.1) is 6.10 Å². The molecule has 0 saturated heterocycles. The maximum Gasteiger partial charge on any atom is 0.339 e. The topological polar surface area (TPSA) is 77.8 Å². The number of aromatic carboxylic acids is 1. The Morgan fingerprint density at radius 1 is 1.04 bits per heavy atom. The van der Waals surface area contributed by atoms with Gasteiger partial charge in [-0.05, 0) is 27.3 Å². The molecule has 0 heterocycles. The monoisotopic (exact) mass is 346 g/mol. The SMILES string of the molecule is CC1C=c2ccccc2=C(c2c(O)c(C(=O)O)cc3ccccc23)C1O. The molecular formula is C22H18O4. The van der Waals surface area contributed by atoms with Crippen molar-refractivity contribution in [3.63, 3.8) is 0 Å². The Labute approximate surface area is 150 Å². The van der Waals surface area contributed by atoms with E-state index in [0.29, 0.717) is 21.9 Å². The molecule has 0 saturated carbocycles. The van der Waals surface area contributed by atoms with Gasteiger partial charge in [0.1, 0.15) is 11.3 Å². The molecule has 0 radical (unpaired) electrons. The minimum Gasteiger partial charge on any atom is -0.506 e. The average Bonchev–Trinajstić information content (AvgIpc) is 2.63. The number of hydrogen-bond acceptors (Lipinski definition) is 3. The highest BCUT2D eigenvalue weighted by atomic mass is 16.4. The van der Waals surface area contributed by atoms with E-state index in [0.717, 1.165) is 10.4 Å². The Kier molecular flexibility index (Phi) is 3.78. The van der Waals surface area contributed by atoms with Gasteiger partial charge >= 0.3 is 5.97 Å². The third-order valence-corrected chi connectivity index (χ3v) is 5.01. The lowest BCUT2D eigenvalue weighted by molar-refractivity contribution is 0.0693. The highest BCUT2D eigenvalue weighted by Crippen LogP contribution is 2.38. The summed E-state index contributed by atoms with van der Waals surface area (Å²) >= 11 is 0. The largest absolute Gasteiger partial charge is 0.506 e. The van der Waals surface area contributed by atoms with E-state index in [1.54, 1.807) is 0 Å². The van der Waals surface area contributed by atoms with Crippen LogP contribution in [0.5, 0.6) is 5.75 Å². The van der Waals surface area contributed by atoms with Crippen LogP contribution in [0.3, 0.4) is 0 Å². The zero-order valence-corrected chi connectivity index (χ0v) is 14.2. The number of benzene rings is 3. The molecule has 1 aliphatic rings. The second-order valence-electron chi connectivity index (χ2n) is 6.65. The van der Waals surface area contributed by atoms with Gasteiger partial charge in [-0.15, -0.1) is 0 Å². The zero-order chi connectivity index (χ0) is 18.4. The zero-order valence-electron chi connectivity index (χ0n) is 14.2. The van der Waals surface area contributed by atoms with Crippen LogP contribution in [0, 0.1) is 5.92 Å². The number of carboxylic acid groups (broad SMARTS) is 1. The summed E-state index contributed by atoms with van der Waals surface area (Å²) in [5, 5.41) is 34.5. The number of aromatic hydroxyl groups is 1. The molecule has 2 unspecified atom stereocenters. The minimum absolute atomic E-state index is 0.161. The maximum absolute atomic E-state index is 11.7. The lowest BCUT2D eigenvalue weighted by Crippen LogP contribution is -2.39. The maximum atomic E-state index is 11.7. The van der Waals surface area contributed by atoms with E-state index in [-0.39, 0.29) is 17.2 Å². The van der Waals surface area contributed by atoms with Crippen LogP contribution in [-0.2, 0) is 0 Å². The van der Waals surface area contributed by atoms with E-state index in [4.69, 9.17) is 0 Å². The van der Waals surface area contributed by atoms with Gasteiger partial charge in [-0.2, -0.15) is 0 Å². The van der Waals surface area contributed by atoms with Gasteiger partial charge in [0, 0.05) is 17.1 Å². The van der Waals surface area contributed by atoms with Crippen molar-refractivity contribution < 1.29 is 20.1 Å². The van der Waals surface area contributed by atoms with Gasteiger partial charge in [0.15, 0.2) is 0 Å². The molecule has 3 aromatic rings. The molecule has 4 rings (SSSR count). The molecular weight excluding hydrogens is 328 g/mol. The van der Waals surface area contributed by atoms with Crippen molar-refractivity contribution >= 4 is 28.4 Å². The molecule has 0 spiro atoms. The molecule has 1 aliphatic carbocycles. The Bertz CT molecular complexity index is 1160. The molecule has 0 aliphatic heterocycles. The number of aliphatic hydroxyl groups excluding tert-OH is 1. The summed E-state index contributed by atoms with van der Waals surface area (Å²) < 4.78 is 0. The Morgan fingerprint density at radius 2 is 1.73 bits per heavy atom. The van der Waals surface area contributed by atoms with Crippen LogP contribution in [0.25, 0.3) is 22.4 Å². The highest BCUT2D eigenvalue weighted by molar-refractivity contribution is 6.04. The van der Waals surface area contributed by atoms with Crippen molar-refractivity contribution in [1.82, 2.24) is 0 Å². The molecule has 3 aromatic carbocycles. The van der Waals surface area contributed by atoms with Crippen LogP contribution in [0.1, 0.15) is 22.8 Å². The fourth-order valence-electron chi connectivity index (χ4n) is 3.74. The van der Waals surface area contributed by atoms with Crippen LogP contribution < -0.4 is 10.4 Å². The first-order valence-corrected chi connectivity index (χ1v) is 8.46. The number of carbonyl (C=O) groups is 1. The molecule has 0 amide bonds. The minimum atomic E-state index is -1.20. The summed E-state index contributed by atoms with van der Waals surface area (Å²) in [6, 6.07) is 16.4. The van der Waals surface area contributed by atoms with Gasteiger partial charge in [0.25, 0.3) is 0 Å². The van der Waals surface area contributed by atoms with Crippen LogP contribution >= 0.6 is 0 Å². The summed E-state index contributed by atoms with van der Waals surface area (Å²) in [5.41, 5.74) is 0.783. The first kappa shape index (κ1) is 16.4. The van der Waals surface area contributed by atoms with Gasteiger partial charge in [0.2, 0.25) is 0 Å². The van der Waals surface area contributed by atoms with E-state index >= 15 is 0 Å². The fourth-order valence-corrected chi connectivity index (χ4v) is 3.74. The number of phenols is 1. The summed E-state index contributed by atoms with van der Waals surface area (Å²) in [6.45, 7) is 1.90. The lowest BCUT2D eigenvalue weighted by atomic mass is 9.82. The predicted molar refractivity (Wildman–Crippen MR) is 100 cm³/mol. The molecule has 4 nitrogen and oxygen atoms in total. The van der Waals surface area contributed by atoms with Crippen molar-refractivity contribution in [2.45, 2.75) is 13.0 Å². The molecule has 26 heavy (non-hydrogen) atoms. The molecule has 0 bridgehead atoms. The second-order valence-corrected chi connectivity index (χ2v) is 6.65. The van der Waals surface area contributed by atoms with Crippen LogP contribution in [0.2, 0.25) is 0 Å². The van der Waals surface area contributed by atoms with Crippen molar-refractivity contribution in [2.75, 3.05) is 0 Å². The molecule has 0 aromatic heterocycles. The van der Waals surface area contributed by atoms with E-state index in [9.17, 15) is 20.1 Å². The molecule has 2 atom stereocenters. The number of aliphatic hydroxyl groups is 1. The summed E-state index contributed by atoms with van der Waals surface area (Å²) in [6.07, 6.45) is 1.15. The quantitative estimate of drug-likeness (QED) is 0.665. The van der Waals surface area contributed by atoms with Crippen molar-refractivity contribution in [1.29, 1.82) is 0 Å². The van der Waals surface area contributed by atoms with Crippen molar-refractivity contribution in [3.8, 4) is 5.75 Å². The standard InChI is InChI=1S/C22H18O4/c1-12-10-13-6-2-4-8-15(13)18(20(12)23)19-16-9-5-3-7-14(16)11-17(21(19)24)22(25)26/h2-12,20,23-24H,1H3,(H,25,26). The van der Waals surface area contributed by atoms with Gasteiger partial charge < -0.3 is 15.3 Å². The Balaban J connectivity index is 2.24. The Morgan fingerprint density at radius 3 is 2.50 bits per heavy atom. The van der Waals surface area contributed by atoms with E-state index in [1.807, 2.05) is 61.5 Å². The van der Waals surface area contributed by atoms with Gasteiger partial charge in [-0.25, -0.2) is 4.79 Å². The second kappa shape index (κ2) is 6.00. The average molecular weight is 346 g/mol. The first-order valence-electron chi connectivity index (χ1n) is 8.46. The fraction of sp³-hybridized carbons (Fsp3) is 0.136. The van der Waals surface area contributed by atoms with Crippen LogP contribution in [0.4, 0.5) is 0 Å². The first-order chi connectivity index (χ1) is 12.5. The number of hydrogen-bond donors (Lipinski definition) is 3. The number of rotatable bonds is 2. The van der Waals surface area contributed by atoms with E-state index < -0.39 is 12.1 Å². The smallest absolute Gasteiger partial charge is 0.339 e. The van der Waals surface area contributed by atoms with E-state index in [1.165, 1.54) is 6.07 Å². The summed E-state index contributed by atoms with van der Waals surface area (Å²) in [7, 11) is 0. The number of carboxylic acids is 1. The predicted octanol–water partition coefficient (Wildman–Crippen LogP) is 2.23.